The van der Waals surface area contributed by atoms with Crippen LogP contribution in [0.2, 0.25) is 0 Å². The lowest BCUT2D eigenvalue weighted by molar-refractivity contribution is -0.131. The van der Waals surface area contributed by atoms with Crippen molar-refractivity contribution in [2.24, 2.45) is 0 Å². The van der Waals surface area contributed by atoms with Crippen LogP contribution in [0.4, 0.5) is 8.78 Å². The van der Waals surface area contributed by atoms with E-state index in [2.05, 4.69) is 0 Å². The van der Waals surface area contributed by atoms with Crippen molar-refractivity contribution in [1.82, 2.24) is 0 Å². The number of benzene rings is 3. The highest BCUT2D eigenvalue weighted by Crippen LogP contribution is 2.15. The molecular weight excluding hydrogens is 406 g/mol. The summed E-state index contributed by atoms with van der Waals surface area (Å²) in [7, 11) is 0. The second-order valence-corrected chi connectivity index (χ2v) is 6.42. The summed E-state index contributed by atoms with van der Waals surface area (Å²) in [6.07, 6.45) is 1.93. The molecule has 3 rings (SSSR count). The Morgan fingerprint density at radius 1 is 0.806 bits per heavy atom. The summed E-state index contributed by atoms with van der Waals surface area (Å²) in [6.45, 7) is 1.93. The highest BCUT2D eigenvalue weighted by Gasteiger charge is 2.16. The quantitative estimate of drug-likeness (QED) is 0.445. The first-order valence-corrected chi connectivity index (χ1v) is 8.98. The van der Waals surface area contributed by atoms with E-state index in [0.717, 1.165) is 35.9 Å². The Kier molecular flexibility index (Phi) is 7.91. The first-order chi connectivity index (χ1) is 14.7. The van der Waals surface area contributed by atoms with Gasteiger partial charge in [0, 0.05) is 23.3 Å². The molecule has 5 nitrogen and oxygen atoms in total. The van der Waals surface area contributed by atoms with Crippen LogP contribution < -0.4 is 0 Å². The van der Waals surface area contributed by atoms with Crippen molar-refractivity contribution in [3.63, 3.8) is 0 Å². The van der Waals surface area contributed by atoms with Crippen LogP contribution in [-0.2, 0) is 4.79 Å². The average molecular weight is 424 g/mol. The fourth-order valence-electron chi connectivity index (χ4n) is 2.57. The highest BCUT2D eigenvalue weighted by molar-refractivity contribution is 6.14. The summed E-state index contributed by atoms with van der Waals surface area (Å²) in [4.78, 5) is 33.3. The lowest BCUT2D eigenvalue weighted by atomic mass is 9.98. The number of carbonyl (C=O) groups is 3. The van der Waals surface area contributed by atoms with Gasteiger partial charge >= 0.3 is 11.9 Å². The summed E-state index contributed by atoms with van der Waals surface area (Å²) < 4.78 is 25.1. The molecule has 3 aromatic carbocycles. The van der Waals surface area contributed by atoms with E-state index in [9.17, 15) is 23.2 Å². The van der Waals surface area contributed by atoms with E-state index < -0.39 is 23.6 Å². The van der Waals surface area contributed by atoms with Crippen LogP contribution in [0.5, 0.6) is 0 Å². The maximum absolute atomic E-state index is 12.5. The number of carboxylic acids is 2. The van der Waals surface area contributed by atoms with Gasteiger partial charge in [-0.25, -0.2) is 18.4 Å². The molecule has 0 spiro atoms. The molecule has 0 fully saturated rings. The molecule has 3 aromatic rings. The van der Waals surface area contributed by atoms with Gasteiger partial charge in [-0.1, -0.05) is 48.0 Å². The predicted octanol–water partition coefficient (Wildman–Crippen LogP) is 4.99. The molecule has 0 radical (unpaired) electrons. The van der Waals surface area contributed by atoms with Crippen molar-refractivity contribution in [2.45, 2.75) is 6.92 Å². The molecule has 0 aliphatic heterocycles. The van der Waals surface area contributed by atoms with E-state index in [4.69, 9.17) is 10.2 Å². The van der Waals surface area contributed by atoms with Crippen molar-refractivity contribution < 1.29 is 33.4 Å². The number of aromatic carboxylic acids is 1. The monoisotopic (exact) mass is 424 g/mol. The summed E-state index contributed by atoms with van der Waals surface area (Å²) in [6, 6.07) is 16.1. The van der Waals surface area contributed by atoms with Crippen LogP contribution in [0.1, 0.15) is 37.4 Å². The number of carboxylic acid groups (broad SMARTS) is 2. The topological polar surface area (TPSA) is 91.7 Å². The number of halogens is 2. The molecule has 0 heterocycles. The van der Waals surface area contributed by atoms with Crippen LogP contribution in [0.25, 0.3) is 6.08 Å². The van der Waals surface area contributed by atoms with Gasteiger partial charge in [0.15, 0.2) is 5.78 Å². The Morgan fingerprint density at radius 3 is 1.87 bits per heavy atom. The van der Waals surface area contributed by atoms with Gasteiger partial charge in [-0.2, -0.15) is 0 Å². The van der Waals surface area contributed by atoms with Crippen molar-refractivity contribution >= 4 is 23.8 Å². The van der Waals surface area contributed by atoms with Gasteiger partial charge in [-0.05, 0) is 36.8 Å². The summed E-state index contributed by atoms with van der Waals surface area (Å²) >= 11 is 0. The van der Waals surface area contributed by atoms with E-state index in [1.165, 1.54) is 12.1 Å². The Hall–Kier alpha value is -4.13. The Labute approximate surface area is 176 Å². The van der Waals surface area contributed by atoms with Crippen molar-refractivity contribution in [3.8, 4) is 0 Å². The van der Waals surface area contributed by atoms with Gasteiger partial charge in [0.2, 0.25) is 0 Å². The largest absolute Gasteiger partial charge is 0.478 e. The van der Waals surface area contributed by atoms with Gasteiger partial charge in [0.05, 0.1) is 5.56 Å². The highest BCUT2D eigenvalue weighted by atomic mass is 19.1. The Balaban J connectivity index is 0.000000233. The summed E-state index contributed by atoms with van der Waals surface area (Å²) in [5.41, 5.74) is 1.98. The number of rotatable bonds is 5. The van der Waals surface area contributed by atoms with Crippen molar-refractivity contribution in [2.75, 3.05) is 0 Å². The smallest absolute Gasteiger partial charge is 0.336 e. The zero-order valence-corrected chi connectivity index (χ0v) is 16.4. The Bertz CT molecular complexity index is 1110. The molecule has 31 heavy (non-hydrogen) atoms. The second kappa shape index (κ2) is 10.6. The zero-order chi connectivity index (χ0) is 23.0. The molecule has 0 atom stereocenters. The standard InChI is InChI=1S/C15H12O3.C9H6F2O2/c1-10-6-8-11(9-7-10)14(16)12-4-2-3-5-13(12)15(17)18;10-7-3-6(1-2-9(12)13)4-8(11)5-7/h2-9H,1H3,(H,17,18);1-5H,(H,12,13). The first kappa shape index (κ1) is 23.2. The van der Waals surface area contributed by atoms with E-state index in [-0.39, 0.29) is 22.5 Å². The lowest BCUT2D eigenvalue weighted by Gasteiger charge is -2.05. The Morgan fingerprint density at radius 2 is 1.35 bits per heavy atom. The van der Waals surface area contributed by atoms with E-state index in [1.807, 2.05) is 19.1 Å². The first-order valence-electron chi connectivity index (χ1n) is 8.98. The molecular formula is C24H18F2O5. The zero-order valence-electron chi connectivity index (χ0n) is 16.4. The van der Waals surface area contributed by atoms with Gasteiger partial charge < -0.3 is 10.2 Å². The van der Waals surface area contributed by atoms with E-state index >= 15 is 0 Å². The predicted molar refractivity (Wildman–Crippen MR) is 111 cm³/mol. The fraction of sp³-hybridized carbons (Fsp3) is 0.0417. The number of hydrogen-bond acceptors (Lipinski definition) is 3. The van der Waals surface area contributed by atoms with E-state index in [0.29, 0.717) is 5.56 Å². The molecule has 0 saturated heterocycles. The average Bonchev–Trinajstić information content (AvgIpc) is 2.72. The number of carbonyl (C=O) groups excluding carboxylic acids is 1. The molecule has 0 aromatic heterocycles. The fourth-order valence-corrected chi connectivity index (χ4v) is 2.57. The van der Waals surface area contributed by atoms with Crippen LogP contribution in [0, 0.1) is 18.6 Å². The van der Waals surface area contributed by atoms with Crippen molar-refractivity contribution in [1.29, 1.82) is 0 Å². The second-order valence-electron chi connectivity index (χ2n) is 6.42. The third-order valence-corrected chi connectivity index (χ3v) is 4.02. The number of ketones is 1. The number of aryl methyl sites for hydroxylation is 1. The van der Waals surface area contributed by atoms with Gasteiger partial charge in [0.1, 0.15) is 11.6 Å². The van der Waals surface area contributed by atoms with Crippen LogP contribution in [-0.4, -0.2) is 27.9 Å². The molecule has 0 unspecified atom stereocenters. The summed E-state index contributed by atoms with van der Waals surface area (Å²) in [5, 5.41) is 17.3. The lowest BCUT2D eigenvalue weighted by Crippen LogP contribution is -2.09. The molecule has 7 heteroatoms. The minimum atomic E-state index is -1.16. The normalized spacial score (nSPS) is 10.3. The maximum Gasteiger partial charge on any atom is 0.336 e. The molecule has 158 valence electrons. The minimum absolute atomic E-state index is 0.0306. The molecule has 0 aliphatic carbocycles. The molecule has 0 aliphatic rings. The number of aliphatic carboxylic acids is 1. The molecule has 0 saturated carbocycles. The van der Waals surface area contributed by atoms with E-state index in [1.54, 1.807) is 24.3 Å². The molecule has 0 bridgehead atoms. The van der Waals surface area contributed by atoms with Gasteiger partial charge in [0.25, 0.3) is 0 Å². The molecule has 0 amide bonds. The van der Waals surface area contributed by atoms with Crippen LogP contribution in [0.3, 0.4) is 0 Å². The van der Waals surface area contributed by atoms with Crippen LogP contribution in [0.15, 0.2) is 72.8 Å². The van der Waals surface area contributed by atoms with Crippen LogP contribution >= 0.6 is 0 Å². The SMILES string of the molecule is Cc1ccc(C(=O)c2ccccc2C(=O)O)cc1.O=C(O)C=Cc1cc(F)cc(F)c1. The van der Waals surface area contributed by atoms with Gasteiger partial charge in [-0.15, -0.1) is 0 Å². The van der Waals surface area contributed by atoms with Crippen molar-refractivity contribution in [3.05, 3.63) is 112 Å². The maximum atomic E-state index is 12.5. The summed E-state index contributed by atoms with van der Waals surface area (Å²) in [5.74, 6) is -3.99. The third-order valence-electron chi connectivity index (χ3n) is 4.02. The third kappa shape index (κ3) is 7.01. The minimum Gasteiger partial charge on any atom is -0.478 e. The number of hydrogen-bond donors (Lipinski definition) is 2. The van der Waals surface area contributed by atoms with Gasteiger partial charge in [-0.3, -0.25) is 4.79 Å². The molecule has 2 N–H and O–H groups in total.